The summed E-state index contributed by atoms with van der Waals surface area (Å²) in [4.78, 5) is 12.3. The maximum atomic E-state index is 12.3. The molecule has 2 aromatic carbocycles. The maximum absolute atomic E-state index is 12.3. The average molecular weight is 311 g/mol. The Morgan fingerprint density at radius 1 is 1.13 bits per heavy atom. The number of fused-ring (bicyclic) bond motifs is 1. The number of hydrogen-bond acceptors (Lipinski definition) is 4. The van der Waals surface area contributed by atoms with Gasteiger partial charge >= 0.3 is 0 Å². The number of nitrogens with one attached hydrogen (secondary N) is 1. The highest BCUT2D eigenvalue weighted by Crippen LogP contribution is 2.32. The van der Waals surface area contributed by atoms with Gasteiger partial charge in [-0.25, -0.2) is 0 Å². The van der Waals surface area contributed by atoms with Crippen molar-refractivity contribution in [3.05, 3.63) is 60.7 Å². The number of ether oxygens (including phenoxy) is 3. The van der Waals surface area contributed by atoms with Crippen LogP contribution in [-0.2, 0) is 0 Å². The van der Waals surface area contributed by atoms with Crippen molar-refractivity contribution >= 4 is 11.6 Å². The zero-order chi connectivity index (χ0) is 16.1. The van der Waals surface area contributed by atoms with Gasteiger partial charge < -0.3 is 19.5 Å². The van der Waals surface area contributed by atoms with E-state index in [1.165, 1.54) is 0 Å². The Bertz CT molecular complexity index is 709. The molecule has 0 radical (unpaired) electrons. The van der Waals surface area contributed by atoms with Crippen LogP contribution in [0.3, 0.4) is 0 Å². The lowest BCUT2D eigenvalue weighted by Gasteiger charge is -2.19. The van der Waals surface area contributed by atoms with Crippen molar-refractivity contribution in [3.8, 4) is 17.2 Å². The Hall–Kier alpha value is -2.95. The standard InChI is InChI=1S/C18H17NO4/c1-2-9-21-15-6-3-13(4-7-15)18(20)19-14-5-8-16-17(12-14)23-11-10-22-16/h2-8,12H,1,9-11H2,(H,19,20). The van der Waals surface area contributed by atoms with Crippen LogP contribution in [0.4, 0.5) is 5.69 Å². The van der Waals surface area contributed by atoms with Gasteiger partial charge in [-0.3, -0.25) is 4.79 Å². The summed E-state index contributed by atoms with van der Waals surface area (Å²) in [5.41, 5.74) is 1.21. The number of carbonyl (C=O) groups excluding carboxylic acids is 1. The summed E-state index contributed by atoms with van der Waals surface area (Å²) in [6.07, 6.45) is 1.67. The lowest BCUT2D eigenvalue weighted by molar-refractivity contribution is 0.102. The first-order valence-corrected chi connectivity index (χ1v) is 7.31. The zero-order valence-corrected chi connectivity index (χ0v) is 12.6. The summed E-state index contributed by atoms with van der Waals surface area (Å²) in [5, 5.41) is 2.84. The first-order chi connectivity index (χ1) is 11.3. The van der Waals surface area contributed by atoms with E-state index in [9.17, 15) is 4.79 Å². The molecule has 0 spiro atoms. The molecular formula is C18H17NO4. The SMILES string of the molecule is C=CCOc1ccc(C(=O)Nc2ccc3c(c2)OCCO3)cc1. The van der Waals surface area contributed by atoms with Crippen LogP contribution >= 0.6 is 0 Å². The molecule has 0 bridgehead atoms. The van der Waals surface area contributed by atoms with Crippen molar-refractivity contribution in [2.75, 3.05) is 25.1 Å². The van der Waals surface area contributed by atoms with Crippen molar-refractivity contribution in [1.82, 2.24) is 0 Å². The molecule has 0 saturated heterocycles. The summed E-state index contributed by atoms with van der Waals surface area (Å²) in [6, 6.07) is 12.3. The minimum absolute atomic E-state index is 0.197. The third kappa shape index (κ3) is 3.63. The molecule has 1 aliphatic heterocycles. The monoisotopic (exact) mass is 311 g/mol. The molecule has 2 aromatic rings. The van der Waals surface area contributed by atoms with E-state index in [1.807, 2.05) is 0 Å². The second-order valence-electron chi connectivity index (χ2n) is 4.94. The predicted molar refractivity (Wildman–Crippen MR) is 87.5 cm³/mol. The van der Waals surface area contributed by atoms with Crippen LogP contribution in [0.1, 0.15) is 10.4 Å². The lowest BCUT2D eigenvalue weighted by Crippen LogP contribution is -2.16. The van der Waals surface area contributed by atoms with Gasteiger partial charge in [-0.2, -0.15) is 0 Å². The van der Waals surface area contributed by atoms with Crippen LogP contribution in [0.15, 0.2) is 55.1 Å². The fraction of sp³-hybridized carbons (Fsp3) is 0.167. The minimum atomic E-state index is -0.197. The largest absolute Gasteiger partial charge is 0.490 e. The predicted octanol–water partition coefficient (Wildman–Crippen LogP) is 3.27. The molecule has 23 heavy (non-hydrogen) atoms. The van der Waals surface area contributed by atoms with Gasteiger partial charge in [-0.05, 0) is 36.4 Å². The third-order valence-electron chi connectivity index (χ3n) is 3.28. The van der Waals surface area contributed by atoms with Crippen molar-refractivity contribution < 1.29 is 19.0 Å². The Labute approximate surface area is 134 Å². The number of benzene rings is 2. The summed E-state index contributed by atoms with van der Waals surface area (Å²) < 4.78 is 16.3. The molecule has 0 aromatic heterocycles. The Kier molecular flexibility index (Phi) is 4.47. The quantitative estimate of drug-likeness (QED) is 0.861. The molecule has 1 amide bonds. The van der Waals surface area contributed by atoms with Crippen molar-refractivity contribution in [2.45, 2.75) is 0 Å². The Morgan fingerprint density at radius 3 is 2.61 bits per heavy atom. The fourth-order valence-corrected chi connectivity index (χ4v) is 2.18. The number of amides is 1. The third-order valence-corrected chi connectivity index (χ3v) is 3.28. The summed E-state index contributed by atoms with van der Waals surface area (Å²) in [5.74, 6) is 1.83. The molecule has 3 rings (SSSR count). The van der Waals surface area contributed by atoms with E-state index in [4.69, 9.17) is 14.2 Å². The second kappa shape index (κ2) is 6.87. The van der Waals surface area contributed by atoms with Gasteiger partial charge in [0.1, 0.15) is 25.6 Å². The van der Waals surface area contributed by atoms with Gasteiger partial charge in [-0.15, -0.1) is 0 Å². The number of carbonyl (C=O) groups is 1. The first-order valence-electron chi connectivity index (χ1n) is 7.31. The lowest BCUT2D eigenvalue weighted by atomic mass is 10.2. The molecule has 1 aliphatic rings. The molecule has 1 heterocycles. The van der Waals surface area contributed by atoms with Gasteiger partial charge in [0.25, 0.3) is 5.91 Å². The van der Waals surface area contributed by atoms with Crippen LogP contribution < -0.4 is 19.5 Å². The van der Waals surface area contributed by atoms with Crippen molar-refractivity contribution in [1.29, 1.82) is 0 Å². The fourth-order valence-electron chi connectivity index (χ4n) is 2.18. The van der Waals surface area contributed by atoms with Crippen LogP contribution in [0.5, 0.6) is 17.2 Å². The molecule has 1 N–H and O–H groups in total. The van der Waals surface area contributed by atoms with Gasteiger partial charge in [-0.1, -0.05) is 12.7 Å². The van der Waals surface area contributed by atoms with E-state index in [2.05, 4.69) is 11.9 Å². The highest BCUT2D eigenvalue weighted by atomic mass is 16.6. The van der Waals surface area contributed by atoms with Gasteiger partial charge in [0, 0.05) is 17.3 Å². The number of anilines is 1. The number of hydrogen-bond donors (Lipinski definition) is 1. The van der Waals surface area contributed by atoms with Gasteiger partial charge in [0.2, 0.25) is 0 Å². The summed E-state index contributed by atoms with van der Waals surface area (Å²) >= 11 is 0. The molecule has 0 atom stereocenters. The van der Waals surface area contributed by atoms with E-state index in [0.29, 0.717) is 48.3 Å². The summed E-state index contributed by atoms with van der Waals surface area (Å²) in [6.45, 7) is 5.08. The van der Waals surface area contributed by atoms with Crippen LogP contribution in [0.2, 0.25) is 0 Å². The van der Waals surface area contributed by atoms with Crippen LogP contribution in [-0.4, -0.2) is 25.7 Å². The zero-order valence-electron chi connectivity index (χ0n) is 12.6. The molecule has 0 aliphatic carbocycles. The van der Waals surface area contributed by atoms with Gasteiger partial charge in [0.15, 0.2) is 11.5 Å². The molecular weight excluding hydrogens is 294 g/mol. The maximum Gasteiger partial charge on any atom is 0.255 e. The molecule has 118 valence electrons. The topological polar surface area (TPSA) is 56.8 Å². The molecule has 5 heteroatoms. The minimum Gasteiger partial charge on any atom is -0.490 e. The van der Waals surface area contributed by atoms with Crippen molar-refractivity contribution in [3.63, 3.8) is 0 Å². The number of rotatable bonds is 5. The van der Waals surface area contributed by atoms with E-state index < -0.39 is 0 Å². The van der Waals surface area contributed by atoms with E-state index in [1.54, 1.807) is 48.5 Å². The molecule has 5 nitrogen and oxygen atoms in total. The van der Waals surface area contributed by atoms with Crippen molar-refractivity contribution in [2.24, 2.45) is 0 Å². The highest BCUT2D eigenvalue weighted by Gasteiger charge is 2.13. The Balaban J connectivity index is 1.67. The second-order valence-corrected chi connectivity index (χ2v) is 4.94. The molecule has 0 unspecified atom stereocenters. The van der Waals surface area contributed by atoms with E-state index in [-0.39, 0.29) is 5.91 Å². The Morgan fingerprint density at radius 2 is 1.87 bits per heavy atom. The van der Waals surface area contributed by atoms with Crippen LogP contribution in [0, 0.1) is 0 Å². The smallest absolute Gasteiger partial charge is 0.255 e. The van der Waals surface area contributed by atoms with Gasteiger partial charge in [0.05, 0.1) is 0 Å². The summed E-state index contributed by atoms with van der Waals surface area (Å²) in [7, 11) is 0. The highest BCUT2D eigenvalue weighted by molar-refractivity contribution is 6.04. The van der Waals surface area contributed by atoms with Crippen LogP contribution in [0.25, 0.3) is 0 Å². The van der Waals surface area contributed by atoms with E-state index in [0.717, 1.165) is 0 Å². The molecule has 0 saturated carbocycles. The van der Waals surface area contributed by atoms with E-state index >= 15 is 0 Å². The molecule has 0 fully saturated rings. The normalized spacial score (nSPS) is 12.3. The average Bonchev–Trinajstić information content (AvgIpc) is 2.60. The first kappa shape index (κ1) is 15.0.